The molecular formula is C18H27N2O5S+. The smallest absolute Gasteiger partial charge is 0.341 e. The lowest BCUT2D eigenvalue weighted by molar-refractivity contribution is -0.897. The van der Waals surface area contributed by atoms with E-state index in [4.69, 9.17) is 9.47 Å². The number of hydrogen-bond acceptors (Lipinski definition) is 6. The standard InChI is InChI=1S/C18H26N2O5S/c1-4-13-10-14(18(23)25-5-2)16(26-13)19-15(21)11-20-8-6-12(7-9-20)17(22)24-3/h10,12H,4-9,11H2,1-3H3,(H,19,21)/p+1. The minimum Gasteiger partial charge on any atom is -0.469 e. The molecule has 0 radical (unpaired) electrons. The number of amides is 1. The number of aryl methyl sites for hydroxylation is 1. The lowest BCUT2D eigenvalue weighted by Crippen LogP contribution is -3.14. The second-order valence-electron chi connectivity index (χ2n) is 6.30. The molecule has 1 aromatic heterocycles. The summed E-state index contributed by atoms with van der Waals surface area (Å²) in [7, 11) is 1.40. The number of methoxy groups -OCH3 is 1. The zero-order valence-corrected chi connectivity index (χ0v) is 16.4. The van der Waals surface area contributed by atoms with Gasteiger partial charge in [-0.15, -0.1) is 11.3 Å². The quantitative estimate of drug-likeness (QED) is 0.683. The van der Waals surface area contributed by atoms with Gasteiger partial charge in [0.1, 0.15) is 5.00 Å². The van der Waals surface area contributed by atoms with Crippen molar-refractivity contribution in [1.82, 2.24) is 0 Å². The van der Waals surface area contributed by atoms with E-state index >= 15 is 0 Å². The van der Waals surface area contributed by atoms with Crippen LogP contribution < -0.4 is 10.2 Å². The number of piperidine rings is 1. The monoisotopic (exact) mass is 383 g/mol. The van der Waals surface area contributed by atoms with Crippen molar-refractivity contribution >= 4 is 34.2 Å². The topological polar surface area (TPSA) is 86.1 Å². The summed E-state index contributed by atoms with van der Waals surface area (Å²) in [6.45, 7) is 5.87. The molecule has 1 aromatic rings. The number of anilines is 1. The Labute approximate surface area is 157 Å². The number of hydrogen-bond donors (Lipinski definition) is 2. The van der Waals surface area contributed by atoms with E-state index < -0.39 is 5.97 Å². The van der Waals surface area contributed by atoms with Crippen LogP contribution in [-0.2, 0) is 25.5 Å². The molecule has 2 N–H and O–H groups in total. The highest BCUT2D eigenvalue weighted by Gasteiger charge is 2.29. The van der Waals surface area contributed by atoms with E-state index in [9.17, 15) is 14.4 Å². The van der Waals surface area contributed by atoms with Crippen LogP contribution in [0.3, 0.4) is 0 Å². The molecule has 0 aromatic carbocycles. The van der Waals surface area contributed by atoms with Crippen LogP contribution in [0.4, 0.5) is 5.00 Å². The summed E-state index contributed by atoms with van der Waals surface area (Å²) in [5, 5.41) is 3.41. The highest BCUT2D eigenvalue weighted by molar-refractivity contribution is 7.16. The number of carbonyl (C=O) groups is 3. The van der Waals surface area contributed by atoms with Crippen LogP contribution in [0, 0.1) is 5.92 Å². The number of quaternary nitrogens is 1. The second-order valence-corrected chi connectivity index (χ2v) is 7.44. The van der Waals surface area contributed by atoms with Gasteiger partial charge in [-0.3, -0.25) is 9.59 Å². The van der Waals surface area contributed by atoms with E-state index in [1.165, 1.54) is 18.4 Å². The van der Waals surface area contributed by atoms with Crippen LogP contribution in [0.2, 0.25) is 0 Å². The minimum atomic E-state index is -0.412. The van der Waals surface area contributed by atoms with Gasteiger partial charge >= 0.3 is 11.9 Å². The van der Waals surface area contributed by atoms with Gasteiger partial charge in [-0.25, -0.2) is 4.79 Å². The number of nitrogens with one attached hydrogen (secondary N) is 2. The Hall–Kier alpha value is -1.93. The summed E-state index contributed by atoms with van der Waals surface area (Å²) in [5.74, 6) is -0.776. The first kappa shape index (κ1) is 20.4. The fourth-order valence-electron chi connectivity index (χ4n) is 3.07. The molecule has 144 valence electrons. The first-order valence-electron chi connectivity index (χ1n) is 8.99. The van der Waals surface area contributed by atoms with Crippen molar-refractivity contribution < 1.29 is 28.8 Å². The van der Waals surface area contributed by atoms with Gasteiger partial charge in [0.05, 0.1) is 38.3 Å². The van der Waals surface area contributed by atoms with Crippen molar-refractivity contribution in [2.45, 2.75) is 33.1 Å². The number of thiophene rings is 1. The number of esters is 2. The van der Waals surface area contributed by atoms with Crippen LogP contribution in [0.5, 0.6) is 0 Å². The third-order valence-electron chi connectivity index (χ3n) is 4.52. The van der Waals surface area contributed by atoms with Gasteiger partial charge in [-0.05, 0) is 19.4 Å². The summed E-state index contributed by atoms with van der Waals surface area (Å²) in [4.78, 5) is 38.2. The average molecular weight is 383 g/mol. The predicted octanol–water partition coefficient (Wildman–Crippen LogP) is 0.894. The van der Waals surface area contributed by atoms with Crippen LogP contribution in [0.25, 0.3) is 0 Å². The highest BCUT2D eigenvalue weighted by Crippen LogP contribution is 2.29. The van der Waals surface area contributed by atoms with E-state index in [-0.39, 0.29) is 17.8 Å². The molecule has 26 heavy (non-hydrogen) atoms. The Kier molecular flexibility index (Phi) is 7.59. The maximum atomic E-state index is 12.4. The normalized spacial score (nSPS) is 19.7. The van der Waals surface area contributed by atoms with Crippen LogP contribution in [0.1, 0.15) is 41.9 Å². The zero-order chi connectivity index (χ0) is 19.1. The maximum Gasteiger partial charge on any atom is 0.341 e. The van der Waals surface area contributed by atoms with Crippen molar-refractivity contribution in [3.05, 3.63) is 16.5 Å². The Morgan fingerprint density at radius 3 is 2.54 bits per heavy atom. The van der Waals surface area contributed by atoms with Crippen LogP contribution in [0.15, 0.2) is 6.07 Å². The molecule has 0 unspecified atom stereocenters. The lowest BCUT2D eigenvalue weighted by Gasteiger charge is -2.27. The third kappa shape index (κ3) is 5.28. The van der Waals surface area contributed by atoms with Crippen LogP contribution >= 0.6 is 11.3 Å². The van der Waals surface area contributed by atoms with Gasteiger partial charge in [-0.1, -0.05) is 6.92 Å². The molecule has 1 saturated heterocycles. The fraction of sp³-hybridized carbons (Fsp3) is 0.611. The summed E-state index contributed by atoms with van der Waals surface area (Å²) < 4.78 is 9.85. The lowest BCUT2D eigenvalue weighted by atomic mass is 9.97. The second kappa shape index (κ2) is 9.68. The first-order valence-corrected chi connectivity index (χ1v) is 9.81. The average Bonchev–Trinajstić information content (AvgIpc) is 3.04. The molecular weight excluding hydrogens is 356 g/mol. The molecule has 0 saturated carbocycles. The highest BCUT2D eigenvalue weighted by atomic mass is 32.1. The molecule has 7 nitrogen and oxygen atoms in total. The molecule has 1 aliphatic heterocycles. The summed E-state index contributed by atoms with van der Waals surface area (Å²) in [5.41, 5.74) is 0.418. The molecule has 1 fully saturated rings. The van der Waals surface area contributed by atoms with Gasteiger partial charge in [0, 0.05) is 17.7 Å². The van der Waals surface area contributed by atoms with E-state index in [0.29, 0.717) is 23.7 Å². The maximum absolute atomic E-state index is 12.4. The summed E-state index contributed by atoms with van der Waals surface area (Å²) >= 11 is 1.41. The molecule has 1 amide bonds. The Morgan fingerprint density at radius 2 is 1.96 bits per heavy atom. The minimum absolute atomic E-state index is 0.0633. The molecule has 2 heterocycles. The van der Waals surface area contributed by atoms with Crippen molar-refractivity contribution in [2.24, 2.45) is 5.92 Å². The predicted molar refractivity (Wildman–Crippen MR) is 98.6 cm³/mol. The van der Waals surface area contributed by atoms with Gasteiger partial charge in [-0.2, -0.15) is 0 Å². The first-order chi connectivity index (χ1) is 12.5. The number of rotatable bonds is 7. The van der Waals surface area contributed by atoms with Gasteiger partial charge < -0.3 is 19.7 Å². The Morgan fingerprint density at radius 1 is 1.27 bits per heavy atom. The largest absolute Gasteiger partial charge is 0.469 e. The molecule has 2 rings (SSSR count). The Balaban J connectivity index is 1.93. The fourth-order valence-corrected chi connectivity index (χ4v) is 4.07. The SMILES string of the molecule is CCOC(=O)c1cc(CC)sc1NC(=O)C[NH+]1CCC(C(=O)OC)CC1. The molecule has 1 aliphatic rings. The number of likely N-dealkylation sites (tertiary alicyclic amines) is 1. The summed E-state index contributed by atoms with van der Waals surface area (Å²) in [6, 6.07) is 1.78. The zero-order valence-electron chi connectivity index (χ0n) is 15.6. The van der Waals surface area contributed by atoms with Crippen molar-refractivity contribution in [3.63, 3.8) is 0 Å². The van der Waals surface area contributed by atoms with E-state index in [2.05, 4.69) is 5.32 Å². The van der Waals surface area contributed by atoms with E-state index in [0.717, 1.165) is 42.1 Å². The number of carbonyl (C=O) groups excluding carboxylic acids is 3. The summed E-state index contributed by atoms with van der Waals surface area (Å²) in [6.07, 6.45) is 2.24. The molecule has 8 heteroatoms. The third-order valence-corrected chi connectivity index (χ3v) is 5.71. The van der Waals surface area contributed by atoms with Gasteiger partial charge in [0.25, 0.3) is 5.91 Å². The van der Waals surface area contributed by atoms with E-state index in [1.54, 1.807) is 13.0 Å². The van der Waals surface area contributed by atoms with Gasteiger partial charge in [0.2, 0.25) is 0 Å². The molecule has 0 atom stereocenters. The number of ether oxygens (including phenoxy) is 2. The van der Waals surface area contributed by atoms with Gasteiger partial charge in [0.15, 0.2) is 6.54 Å². The molecule has 0 aliphatic carbocycles. The van der Waals surface area contributed by atoms with Crippen molar-refractivity contribution in [3.8, 4) is 0 Å². The van der Waals surface area contributed by atoms with Crippen molar-refractivity contribution in [1.29, 1.82) is 0 Å². The molecule has 0 spiro atoms. The van der Waals surface area contributed by atoms with Crippen LogP contribution in [-0.4, -0.2) is 51.2 Å². The Bertz CT molecular complexity index is 650. The van der Waals surface area contributed by atoms with E-state index in [1.807, 2.05) is 6.92 Å². The van der Waals surface area contributed by atoms with Crippen molar-refractivity contribution in [2.75, 3.05) is 38.7 Å². The molecule has 0 bridgehead atoms.